The summed E-state index contributed by atoms with van der Waals surface area (Å²) in [5.74, 6) is -0.0920. The number of carbonyl (C=O) groups excluding carboxylic acids is 6. The molecule has 0 aromatic heterocycles. The number of Topliss-reactive ketones (excluding diaryl/α,β-unsaturated/α-hetero) is 4. The van der Waals surface area contributed by atoms with Crippen LogP contribution in [0.4, 0.5) is 0 Å². The fourth-order valence-corrected chi connectivity index (χ4v) is 11.3. The number of amides is 2. The Morgan fingerprint density at radius 3 is 0.892 bits per heavy atom. The minimum Gasteiger partial charge on any atom is -0.452 e. The summed E-state index contributed by atoms with van der Waals surface area (Å²) in [5.41, 5.74) is 2.32. The zero-order chi connectivity index (χ0) is 69.9. The summed E-state index contributed by atoms with van der Waals surface area (Å²) in [5, 5.41) is 43.7. The average molecular weight is 1510 g/mol. The van der Waals surface area contributed by atoms with Gasteiger partial charge >= 0.3 is 14.2 Å². The van der Waals surface area contributed by atoms with Crippen LogP contribution in [0.15, 0.2) is 97.1 Å². The molecule has 2 atom stereocenters. The van der Waals surface area contributed by atoms with Gasteiger partial charge in [0.05, 0.1) is 0 Å². The smallest absolute Gasteiger partial charge is 0.452 e. The second-order valence-electron chi connectivity index (χ2n) is 24.2. The Balaban J connectivity index is -0.000000419. The molecule has 5 aromatic carbocycles. The van der Waals surface area contributed by atoms with Crippen LogP contribution in [-0.4, -0.2) is 117 Å². The fourth-order valence-electron chi connectivity index (χ4n) is 11.3. The number of rotatable bonds is 28. The second-order valence-corrected chi connectivity index (χ2v) is 24.2. The average Bonchev–Trinajstić information content (AvgIpc) is 0.758. The molecule has 14 nitrogen and oxygen atoms in total. The van der Waals surface area contributed by atoms with Crippen molar-refractivity contribution in [1.82, 2.24) is 19.6 Å². The van der Waals surface area contributed by atoms with Crippen molar-refractivity contribution < 1.29 is 147 Å². The minimum absolute atomic E-state index is 0. The molecule has 0 heterocycles. The second kappa shape index (κ2) is 50.5. The standard InChI is InChI=1S/C32H32B2N2O4.2C17H30NO3.4C2H6.3Y/c1-35(19-23-11-3-9-17-31(23)33(37)38)21-29-25-13-5-7-15-27(25)30(28-16-8-6-14-26(28)29)22-36(2)20-24-12-4-10-18-32(24)34(39)40;2*1-8-9-14(20)16(3,4)12-17(5,11-10-13(2)19)15(21)18(6)7;4*1-2;;;/h3-18,37-40H,1-2,19-22H2;2*2,8-12H2,1,3-7H3;4*1-2H3;;;/q-2;2*-1;;;;;;;. The molecule has 0 bridgehead atoms. The largest absolute Gasteiger partial charge is 0.488 e. The molecular formula is C74H116B2N4O10Y3-4. The van der Waals surface area contributed by atoms with Crippen molar-refractivity contribution in [3.63, 3.8) is 0 Å². The maximum Gasteiger partial charge on any atom is 0.488 e. The summed E-state index contributed by atoms with van der Waals surface area (Å²) in [6.45, 7) is 40.0. The molecule has 19 heteroatoms. The van der Waals surface area contributed by atoms with Gasteiger partial charge < -0.3 is 63.1 Å². The van der Waals surface area contributed by atoms with E-state index in [9.17, 15) is 48.9 Å². The van der Waals surface area contributed by atoms with Gasteiger partial charge in [0.1, 0.15) is 11.6 Å². The van der Waals surface area contributed by atoms with Crippen molar-refractivity contribution in [2.75, 3.05) is 28.2 Å². The van der Waals surface area contributed by atoms with E-state index in [2.05, 4.69) is 52.2 Å². The molecule has 0 spiro atoms. The maximum atomic E-state index is 12.5. The molecule has 0 aliphatic carbocycles. The van der Waals surface area contributed by atoms with Gasteiger partial charge in [-0.05, 0) is 144 Å². The topological polar surface area (TPSA) is 196 Å². The molecule has 2 amide bonds. The molecule has 93 heavy (non-hydrogen) atoms. The molecule has 2 unspecified atom stereocenters. The normalized spacial score (nSPS) is 11.7. The Bertz CT molecular complexity index is 2730. The van der Waals surface area contributed by atoms with Crippen LogP contribution < -0.4 is 10.9 Å². The van der Waals surface area contributed by atoms with Gasteiger partial charge in [-0.3, -0.25) is 33.3 Å². The Labute approximate surface area is 640 Å². The van der Waals surface area contributed by atoms with Crippen molar-refractivity contribution in [3.05, 3.63) is 147 Å². The first kappa shape index (κ1) is 98.9. The zero-order valence-electron chi connectivity index (χ0n) is 60.9. The van der Waals surface area contributed by atoms with Crippen molar-refractivity contribution in [2.45, 2.75) is 201 Å². The van der Waals surface area contributed by atoms with Gasteiger partial charge in [0, 0.05) is 161 Å². The van der Waals surface area contributed by atoms with E-state index in [1.54, 1.807) is 52.5 Å². The first-order valence-electron chi connectivity index (χ1n) is 32.3. The van der Waals surface area contributed by atoms with E-state index < -0.39 is 35.9 Å². The van der Waals surface area contributed by atoms with Crippen molar-refractivity contribution in [2.24, 2.45) is 21.7 Å². The molecule has 0 aliphatic heterocycles. The van der Waals surface area contributed by atoms with Crippen molar-refractivity contribution in [1.29, 1.82) is 0 Å². The number of nitrogens with zero attached hydrogens (tertiary/aromatic N) is 4. The van der Waals surface area contributed by atoms with Gasteiger partial charge in [-0.2, -0.15) is 0 Å². The minimum atomic E-state index is -1.54. The monoisotopic (exact) mass is 1510 g/mol. The SMILES string of the molecule is CC.CC.CC.CC.[CH2-]C(=O)CCC(C)(CC(C)(C)C(=O)CCC)C(=O)N(C)C.[CH2-]C(=O)CCC(C)(CC(C)(C)C(=O)CCC)C(=O)N(C)C.[CH2-]N(Cc1ccccc1B(O)O)Cc1c2ccccc2c(CN([CH2-])Cc2ccccc2B(O)O)c2ccccc12.[Y].[Y].[Y]. The van der Waals surface area contributed by atoms with E-state index in [0.717, 1.165) is 56.6 Å². The number of carbonyl (C=O) groups is 6. The van der Waals surface area contributed by atoms with Crippen molar-refractivity contribution in [3.8, 4) is 0 Å². The molecule has 0 aliphatic rings. The van der Waals surface area contributed by atoms with Crippen LogP contribution in [0.3, 0.4) is 0 Å². The van der Waals surface area contributed by atoms with E-state index in [0.29, 0.717) is 75.6 Å². The maximum absolute atomic E-state index is 12.5. The quantitative estimate of drug-likeness (QED) is 0.0210. The fraction of sp³-hybridized carbons (Fsp3) is 0.514. The summed E-state index contributed by atoms with van der Waals surface area (Å²) in [4.78, 5) is 78.9. The van der Waals surface area contributed by atoms with Gasteiger partial charge in [0.15, 0.2) is 0 Å². The van der Waals surface area contributed by atoms with Crippen LogP contribution in [0.2, 0.25) is 0 Å². The van der Waals surface area contributed by atoms with Gasteiger partial charge in [0.2, 0.25) is 11.8 Å². The molecule has 5 aromatic rings. The van der Waals surface area contributed by atoms with E-state index in [1.165, 1.54) is 9.80 Å². The van der Waals surface area contributed by atoms with Gasteiger partial charge in [0.25, 0.3) is 0 Å². The van der Waals surface area contributed by atoms with Gasteiger partial charge in [-0.1, -0.05) is 208 Å². The number of hydrogen-bond acceptors (Lipinski definition) is 12. The summed E-state index contributed by atoms with van der Waals surface area (Å²) in [6.07, 6.45) is 4.91. The van der Waals surface area contributed by atoms with Crippen LogP contribution in [0.25, 0.3) is 21.5 Å². The van der Waals surface area contributed by atoms with E-state index >= 15 is 0 Å². The third-order valence-electron chi connectivity index (χ3n) is 15.3. The van der Waals surface area contributed by atoms with Gasteiger partial charge in [-0.15, -0.1) is 0 Å². The molecule has 511 valence electrons. The predicted octanol–water partition coefficient (Wildman–Crippen LogP) is 13.1. The summed E-state index contributed by atoms with van der Waals surface area (Å²) in [7, 11) is 12.3. The van der Waals surface area contributed by atoms with Crippen LogP contribution in [0.5, 0.6) is 0 Å². The number of hydrogen-bond donors (Lipinski definition) is 4. The molecule has 0 saturated carbocycles. The number of ketones is 4. The Morgan fingerprint density at radius 2 is 0.667 bits per heavy atom. The Kier molecular flexibility index (Phi) is 53.7. The summed E-state index contributed by atoms with van der Waals surface area (Å²) < 4.78 is 0. The molecule has 4 N–H and O–H groups in total. The van der Waals surface area contributed by atoms with E-state index in [-0.39, 0.29) is 146 Å². The predicted molar refractivity (Wildman–Crippen MR) is 378 cm³/mol. The number of fused-ring (bicyclic) bond motifs is 2. The third-order valence-corrected chi connectivity index (χ3v) is 15.3. The first-order valence-corrected chi connectivity index (χ1v) is 32.3. The summed E-state index contributed by atoms with van der Waals surface area (Å²) >= 11 is 0. The Morgan fingerprint density at radius 1 is 0.419 bits per heavy atom. The zero-order valence-corrected chi connectivity index (χ0v) is 69.4. The molecule has 0 saturated heterocycles. The van der Waals surface area contributed by atoms with Crippen LogP contribution in [0, 0.1) is 49.6 Å². The van der Waals surface area contributed by atoms with Crippen LogP contribution in [-0.2, 0) is 153 Å². The number of benzene rings is 5. The van der Waals surface area contributed by atoms with E-state index in [1.807, 2.05) is 169 Å². The third kappa shape index (κ3) is 33.1. The molecule has 5 rings (SSSR count). The van der Waals surface area contributed by atoms with Crippen LogP contribution >= 0.6 is 0 Å². The van der Waals surface area contributed by atoms with Gasteiger partial charge in [-0.25, -0.2) is 0 Å². The molecular weight excluding hydrogens is 1390 g/mol. The van der Waals surface area contributed by atoms with E-state index in [4.69, 9.17) is 0 Å². The Hall–Kier alpha value is -2.82. The van der Waals surface area contributed by atoms with Crippen LogP contribution in [0.1, 0.15) is 197 Å². The summed E-state index contributed by atoms with van der Waals surface area (Å²) in [6, 6.07) is 31.3. The van der Waals surface area contributed by atoms with Crippen molar-refractivity contribution >= 4 is 81.7 Å². The molecule has 3 radical (unpaired) electrons. The molecule has 0 fully saturated rings. The first-order chi connectivity index (χ1) is 42.2.